The number of nitrogens with one attached hydrogen (secondary N) is 1. The summed E-state index contributed by atoms with van der Waals surface area (Å²) in [6, 6.07) is 2.95. The van der Waals surface area contributed by atoms with Crippen molar-refractivity contribution in [1.82, 2.24) is 5.32 Å². The predicted octanol–water partition coefficient (Wildman–Crippen LogP) is 1.75. The Morgan fingerprint density at radius 1 is 1.33 bits per heavy atom. The van der Waals surface area contributed by atoms with Gasteiger partial charge in [-0.3, -0.25) is 4.79 Å². The van der Waals surface area contributed by atoms with E-state index in [4.69, 9.17) is 0 Å². The van der Waals surface area contributed by atoms with Crippen LogP contribution < -0.4 is 5.32 Å². The topological polar surface area (TPSA) is 69.6 Å². The van der Waals surface area contributed by atoms with Crippen LogP contribution in [0.15, 0.2) is 16.6 Å². The summed E-state index contributed by atoms with van der Waals surface area (Å²) in [6.07, 6.45) is 1.92. The molecule has 1 amide bonds. The van der Waals surface area contributed by atoms with Crippen molar-refractivity contribution in [2.75, 3.05) is 0 Å². The number of rotatable bonds is 2. The number of aromatic hydroxyl groups is 2. The Balaban J connectivity index is 2.29. The molecule has 0 saturated heterocycles. The van der Waals surface area contributed by atoms with E-state index in [1.165, 1.54) is 12.1 Å². The molecule has 0 aromatic heterocycles. The maximum absolute atomic E-state index is 11.6. The van der Waals surface area contributed by atoms with Gasteiger partial charge in [-0.15, -0.1) is 0 Å². The lowest BCUT2D eigenvalue weighted by atomic mass is 10.1. The van der Waals surface area contributed by atoms with E-state index in [0.29, 0.717) is 4.47 Å². The third kappa shape index (κ3) is 2.23. The van der Waals surface area contributed by atoms with Gasteiger partial charge in [0.25, 0.3) is 5.91 Å². The number of hydrogen-bond donors (Lipinski definition) is 3. The molecule has 0 bridgehead atoms. The van der Waals surface area contributed by atoms with Gasteiger partial charge in [-0.1, -0.05) is 15.9 Å². The molecule has 0 radical (unpaired) electrons. The van der Waals surface area contributed by atoms with Gasteiger partial charge in [0.1, 0.15) is 17.1 Å². The Hall–Kier alpha value is -1.23. The van der Waals surface area contributed by atoms with Gasteiger partial charge < -0.3 is 15.5 Å². The zero-order valence-electron chi connectivity index (χ0n) is 7.83. The Morgan fingerprint density at radius 2 is 1.87 bits per heavy atom. The Morgan fingerprint density at radius 3 is 2.33 bits per heavy atom. The highest BCUT2D eigenvalue weighted by atomic mass is 79.9. The van der Waals surface area contributed by atoms with Crippen molar-refractivity contribution in [3.05, 3.63) is 22.2 Å². The lowest BCUT2D eigenvalue weighted by Gasteiger charge is -2.08. The van der Waals surface area contributed by atoms with Crippen molar-refractivity contribution in [3.63, 3.8) is 0 Å². The minimum atomic E-state index is -0.431. The van der Waals surface area contributed by atoms with E-state index in [1.54, 1.807) is 0 Å². The maximum atomic E-state index is 11.6. The summed E-state index contributed by atoms with van der Waals surface area (Å²) in [6.45, 7) is 0. The van der Waals surface area contributed by atoms with Crippen molar-refractivity contribution in [3.8, 4) is 11.5 Å². The molecule has 1 fully saturated rings. The van der Waals surface area contributed by atoms with E-state index in [0.717, 1.165) is 12.8 Å². The number of carbonyl (C=O) groups is 1. The van der Waals surface area contributed by atoms with Crippen molar-refractivity contribution >= 4 is 21.8 Å². The third-order valence-corrected chi connectivity index (χ3v) is 2.66. The van der Waals surface area contributed by atoms with Crippen LogP contribution in [0.25, 0.3) is 0 Å². The van der Waals surface area contributed by atoms with Crippen LogP contribution in [-0.4, -0.2) is 22.2 Å². The quantitative estimate of drug-likeness (QED) is 0.768. The van der Waals surface area contributed by atoms with Crippen molar-refractivity contribution < 1.29 is 15.0 Å². The average molecular weight is 272 g/mol. The van der Waals surface area contributed by atoms with Crippen molar-refractivity contribution in [2.45, 2.75) is 18.9 Å². The van der Waals surface area contributed by atoms with E-state index < -0.39 is 5.91 Å². The molecule has 5 heteroatoms. The molecular formula is C10H10BrNO3. The van der Waals surface area contributed by atoms with Crippen LogP contribution >= 0.6 is 15.9 Å². The van der Waals surface area contributed by atoms with Gasteiger partial charge in [-0.2, -0.15) is 0 Å². The van der Waals surface area contributed by atoms with E-state index in [1.807, 2.05) is 0 Å². The summed E-state index contributed by atoms with van der Waals surface area (Å²) >= 11 is 3.11. The van der Waals surface area contributed by atoms with E-state index in [9.17, 15) is 15.0 Å². The summed E-state index contributed by atoms with van der Waals surface area (Å²) in [5.74, 6) is -0.875. The summed E-state index contributed by atoms with van der Waals surface area (Å²) in [4.78, 5) is 11.6. The first-order chi connectivity index (χ1) is 7.08. The Labute approximate surface area is 95.1 Å². The second-order valence-electron chi connectivity index (χ2n) is 3.57. The predicted molar refractivity (Wildman–Crippen MR) is 58.0 cm³/mol. The van der Waals surface area contributed by atoms with Crippen LogP contribution in [0.3, 0.4) is 0 Å². The number of halogens is 1. The summed E-state index contributed by atoms with van der Waals surface area (Å²) < 4.78 is 0.528. The molecular weight excluding hydrogens is 262 g/mol. The molecule has 0 heterocycles. The van der Waals surface area contributed by atoms with Crippen molar-refractivity contribution in [2.24, 2.45) is 0 Å². The Bertz CT molecular complexity index is 392. The molecule has 1 aliphatic carbocycles. The zero-order chi connectivity index (χ0) is 11.0. The van der Waals surface area contributed by atoms with Crippen LogP contribution in [0.1, 0.15) is 23.2 Å². The van der Waals surface area contributed by atoms with Gasteiger partial charge in [-0.05, 0) is 25.0 Å². The molecule has 15 heavy (non-hydrogen) atoms. The molecule has 1 aliphatic rings. The fourth-order valence-corrected chi connectivity index (χ4v) is 1.73. The number of phenolic OH excluding ortho intramolecular Hbond substituents is 2. The van der Waals surface area contributed by atoms with Crippen LogP contribution in [0.2, 0.25) is 0 Å². The largest absolute Gasteiger partial charge is 0.507 e. The highest BCUT2D eigenvalue weighted by Crippen LogP contribution is 2.32. The fourth-order valence-electron chi connectivity index (χ4n) is 1.30. The lowest BCUT2D eigenvalue weighted by Crippen LogP contribution is -2.25. The molecule has 1 aromatic carbocycles. The summed E-state index contributed by atoms with van der Waals surface area (Å²) in [7, 11) is 0. The average Bonchev–Trinajstić information content (AvgIpc) is 2.85. The van der Waals surface area contributed by atoms with Crippen molar-refractivity contribution in [1.29, 1.82) is 0 Å². The highest BCUT2D eigenvalue weighted by Gasteiger charge is 2.26. The molecule has 0 spiro atoms. The smallest absolute Gasteiger partial charge is 0.259 e. The number of phenols is 2. The molecule has 0 atom stereocenters. The molecule has 2 rings (SSSR count). The first kappa shape index (κ1) is 10.3. The summed E-state index contributed by atoms with van der Waals surface area (Å²) in [5.41, 5.74) is -0.0647. The van der Waals surface area contributed by atoms with Gasteiger partial charge in [0, 0.05) is 10.5 Å². The molecule has 1 aromatic rings. The van der Waals surface area contributed by atoms with Crippen LogP contribution in [-0.2, 0) is 0 Å². The second kappa shape index (κ2) is 3.73. The first-order valence-corrected chi connectivity index (χ1v) is 5.39. The van der Waals surface area contributed by atoms with E-state index in [2.05, 4.69) is 21.2 Å². The van der Waals surface area contributed by atoms with Crippen LogP contribution in [0, 0.1) is 0 Å². The van der Waals surface area contributed by atoms with E-state index >= 15 is 0 Å². The van der Waals surface area contributed by atoms with Gasteiger partial charge in [0.05, 0.1) is 0 Å². The number of benzene rings is 1. The van der Waals surface area contributed by atoms with Crippen LogP contribution in [0.5, 0.6) is 11.5 Å². The van der Waals surface area contributed by atoms with Gasteiger partial charge in [-0.25, -0.2) is 0 Å². The number of amides is 1. The SMILES string of the molecule is O=C(NC1CC1)c1c(O)cc(Br)cc1O. The fraction of sp³-hybridized carbons (Fsp3) is 0.300. The van der Waals surface area contributed by atoms with Crippen LogP contribution in [0.4, 0.5) is 0 Å². The molecule has 3 N–H and O–H groups in total. The standard InChI is InChI=1S/C10H10BrNO3/c11-5-3-7(13)9(8(14)4-5)10(15)12-6-1-2-6/h3-4,6,13-14H,1-2H2,(H,12,15). The number of hydrogen-bond acceptors (Lipinski definition) is 3. The second-order valence-corrected chi connectivity index (χ2v) is 4.48. The van der Waals surface area contributed by atoms with Gasteiger partial charge in [0.15, 0.2) is 0 Å². The molecule has 0 unspecified atom stereocenters. The van der Waals surface area contributed by atoms with Gasteiger partial charge >= 0.3 is 0 Å². The number of carbonyl (C=O) groups excluding carboxylic acids is 1. The monoisotopic (exact) mass is 271 g/mol. The molecule has 80 valence electrons. The van der Waals surface area contributed by atoms with Gasteiger partial charge in [0.2, 0.25) is 0 Å². The third-order valence-electron chi connectivity index (χ3n) is 2.20. The minimum absolute atomic E-state index is 0.0647. The highest BCUT2D eigenvalue weighted by molar-refractivity contribution is 9.10. The minimum Gasteiger partial charge on any atom is -0.507 e. The Kier molecular flexibility index (Phi) is 2.56. The van der Waals surface area contributed by atoms with E-state index in [-0.39, 0.29) is 23.1 Å². The zero-order valence-corrected chi connectivity index (χ0v) is 9.41. The maximum Gasteiger partial charge on any atom is 0.259 e. The molecule has 0 aliphatic heterocycles. The normalized spacial score (nSPS) is 15.0. The summed E-state index contributed by atoms with van der Waals surface area (Å²) in [5, 5.41) is 21.7. The molecule has 4 nitrogen and oxygen atoms in total. The first-order valence-electron chi connectivity index (χ1n) is 4.60. The molecule has 1 saturated carbocycles. The lowest BCUT2D eigenvalue weighted by molar-refractivity contribution is 0.0945.